The molecule has 1 saturated heterocycles. The van der Waals surface area contributed by atoms with Crippen LogP contribution in [0.2, 0.25) is 0 Å². The molecule has 0 radical (unpaired) electrons. The fourth-order valence-electron chi connectivity index (χ4n) is 2.31. The van der Waals surface area contributed by atoms with E-state index in [0.29, 0.717) is 0 Å². The molecule has 16 heavy (non-hydrogen) atoms. The Morgan fingerprint density at radius 2 is 2.25 bits per heavy atom. The molecule has 0 unspecified atom stereocenters. The fraction of sp³-hybridized carbons (Fsp3) is 0.692. The number of piperidine rings is 1. The van der Waals surface area contributed by atoms with Crippen LogP contribution in [0.3, 0.4) is 0 Å². The maximum Gasteiger partial charge on any atom is 0.0299 e. The second kappa shape index (κ2) is 7.05. The highest BCUT2D eigenvalue weighted by Gasteiger charge is 2.11. The van der Waals surface area contributed by atoms with Gasteiger partial charge in [0.25, 0.3) is 0 Å². The highest BCUT2D eigenvalue weighted by Crippen LogP contribution is 2.17. The Bertz CT molecular complexity index is 265. The Hall–Kier alpha value is -0.380. The third-order valence-corrected chi connectivity index (χ3v) is 4.18. The number of hydrogen-bond acceptors (Lipinski definition) is 3. The monoisotopic (exact) mass is 238 g/mol. The Morgan fingerprint density at radius 1 is 1.38 bits per heavy atom. The van der Waals surface area contributed by atoms with Crippen molar-refractivity contribution in [3.8, 4) is 0 Å². The first kappa shape index (κ1) is 12.1. The van der Waals surface area contributed by atoms with E-state index in [1.54, 1.807) is 0 Å². The van der Waals surface area contributed by atoms with E-state index >= 15 is 0 Å². The van der Waals surface area contributed by atoms with Crippen LogP contribution in [0, 0.1) is 5.92 Å². The lowest BCUT2D eigenvalue weighted by molar-refractivity contribution is 0.344. The molecule has 2 N–H and O–H groups in total. The average molecular weight is 238 g/mol. The van der Waals surface area contributed by atoms with E-state index in [1.807, 2.05) is 11.3 Å². The largest absolute Gasteiger partial charge is 0.317 e. The second-order valence-electron chi connectivity index (χ2n) is 4.59. The molecule has 1 aliphatic heterocycles. The van der Waals surface area contributed by atoms with Crippen molar-refractivity contribution in [3.05, 3.63) is 22.4 Å². The van der Waals surface area contributed by atoms with Crippen molar-refractivity contribution in [1.29, 1.82) is 0 Å². The smallest absolute Gasteiger partial charge is 0.0299 e. The summed E-state index contributed by atoms with van der Waals surface area (Å²) in [4.78, 5) is 1.45. The maximum absolute atomic E-state index is 3.52. The molecule has 0 spiro atoms. The summed E-state index contributed by atoms with van der Waals surface area (Å²) in [7, 11) is 0. The summed E-state index contributed by atoms with van der Waals surface area (Å²) >= 11 is 1.84. The molecule has 1 aliphatic rings. The van der Waals surface area contributed by atoms with Crippen LogP contribution in [0.5, 0.6) is 0 Å². The Labute approximate surface area is 102 Å². The standard InChI is InChI=1S/C13H22N2S/c1(3-12-5-8-14-9-6-12)7-15-11-13-4-2-10-16-13/h2,4,10,12,14-15H,1,3,5-9,11H2. The lowest BCUT2D eigenvalue weighted by Crippen LogP contribution is -2.28. The van der Waals surface area contributed by atoms with Crippen LogP contribution >= 0.6 is 11.3 Å². The van der Waals surface area contributed by atoms with E-state index in [2.05, 4.69) is 28.1 Å². The summed E-state index contributed by atoms with van der Waals surface area (Å²) in [6, 6.07) is 4.32. The molecule has 0 amide bonds. The lowest BCUT2D eigenvalue weighted by Gasteiger charge is -2.22. The normalized spacial score (nSPS) is 17.8. The van der Waals surface area contributed by atoms with Gasteiger partial charge in [-0.15, -0.1) is 11.3 Å². The van der Waals surface area contributed by atoms with Gasteiger partial charge in [-0.2, -0.15) is 0 Å². The van der Waals surface area contributed by atoms with Crippen molar-refractivity contribution < 1.29 is 0 Å². The summed E-state index contributed by atoms with van der Waals surface area (Å²) < 4.78 is 0. The molecule has 90 valence electrons. The maximum atomic E-state index is 3.52. The van der Waals surface area contributed by atoms with E-state index in [0.717, 1.165) is 12.5 Å². The van der Waals surface area contributed by atoms with Crippen LogP contribution in [0.15, 0.2) is 17.5 Å². The van der Waals surface area contributed by atoms with E-state index < -0.39 is 0 Å². The molecule has 2 nitrogen and oxygen atoms in total. The lowest BCUT2D eigenvalue weighted by atomic mass is 9.93. The molecular weight excluding hydrogens is 216 g/mol. The number of nitrogens with one attached hydrogen (secondary N) is 2. The van der Waals surface area contributed by atoms with Crippen molar-refractivity contribution in [2.45, 2.75) is 32.2 Å². The van der Waals surface area contributed by atoms with Gasteiger partial charge in [0.15, 0.2) is 0 Å². The highest BCUT2D eigenvalue weighted by molar-refractivity contribution is 7.09. The Balaban J connectivity index is 1.48. The second-order valence-corrected chi connectivity index (χ2v) is 5.62. The minimum atomic E-state index is 0.977. The van der Waals surface area contributed by atoms with Crippen molar-refractivity contribution in [2.75, 3.05) is 19.6 Å². The minimum Gasteiger partial charge on any atom is -0.317 e. The van der Waals surface area contributed by atoms with Gasteiger partial charge in [-0.3, -0.25) is 0 Å². The van der Waals surface area contributed by atoms with Gasteiger partial charge in [-0.05, 0) is 62.7 Å². The van der Waals surface area contributed by atoms with Gasteiger partial charge in [-0.25, -0.2) is 0 Å². The molecule has 1 aromatic heterocycles. The zero-order valence-corrected chi connectivity index (χ0v) is 10.7. The van der Waals surface area contributed by atoms with E-state index in [9.17, 15) is 0 Å². The van der Waals surface area contributed by atoms with Gasteiger partial charge in [-0.1, -0.05) is 6.07 Å². The van der Waals surface area contributed by atoms with E-state index in [-0.39, 0.29) is 0 Å². The first-order valence-electron chi connectivity index (χ1n) is 6.39. The molecule has 0 saturated carbocycles. The SMILES string of the molecule is c1csc(CNCCCC2CCNCC2)c1. The molecular formula is C13H22N2S. The van der Waals surface area contributed by atoms with Crippen LogP contribution in [0.4, 0.5) is 0 Å². The van der Waals surface area contributed by atoms with Gasteiger partial charge >= 0.3 is 0 Å². The summed E-state index contributed by atoms with van der Waals surface area (Å²) in [5.41, 5.74) is 0. The molecule has 2 rings (SSSR count). The van der Waals surface area contributed by atoms with Crippen LogP contribution in [-0.4, -0.2) is 19.6 Å². The Morgan fingerprint density at radius 3 is 3.00 bits per heavy atom. The summed E-state index contributed by atoms with van der Waals surface area (Å²) in [6.45, 7) is 4.67. The van der Waals surface area contributed by atoms with Crippen LogP contribution < -0.4 is 10.6 Å². The van der Waals surface area contributed by atoms with Gasteiger partial charge in [0.1, 0.15) is 0 Å². The molecule has 0 atom stereocenters. The quantitative estimate of drug-likeness (QED) is 0.745. The predicted octanol–water partition coefficient (Wildman–Crippen LogP) is 2.62. The van der Waals surface area contributed by atoms with Crippen molar-refractivity contribution in [2.24, 2.45) is 5.92 Å². The molecule has 0 bridgehead atoms. The number of thiophene rings is 1. The number of hydrogen-bond donors (Lipinski definition) is 2. The van der Waals surface area contributed by atoms with Crippen LogP contribution in [-0.2, 0) is 6.54 Å². The topological polar surface area (TPSA) is 24.1 Å². The number of rotatable bonds is 6. The molecule has 2 heterocycles. The van der Waals surface area contributed by atoms with Crippen molar-refractivity contribution in [1.82, 2.24) is 10.6 Å². The predicted molar refractivity (Wildman–Crippen MR) is 70.9 cm³/mol. The van der Waals surface area contributed by atoms with Gasteiger partial charge in [0.2, 0.25) is 0 Å². The molecule has 0 aromatic carbocycles. The highest BCUT2D eigenvalue weighted by atomic mass is 32.1. The third-order valence-electron chi connectivity index (χ3n) is 3.30. The zero-order valence-electron chi connectivity index (χ0n) is 9.87. The van der Waals surface area contributed by atoms with Crippen LogP contribution in [0.25, 0.3) is 0 Å². The third kappa shape index (κ3) is 4.24. The minimum absolute atomic E-state index is 0.977. The zero-order chi connectivity index (χ0) is 11.1. The van der Waals surface area contributed by atoms with Gasteiger partial charge in [0.05, 0.1) is 0 Å². The summed E-state index contributed by atoms with van der Waals surface area (Å²) in [6.07, 6.45) is 5.49. The molecule has 1 aromatic rings. The summed E-state index contributed by atoms with van der Waals surface area (Å²) in [5.74, 6) is 0.977. The van der Waals surface area contributed by atoms with Gasteiger partial charge < -0.3 is 10.6 Å². The first-order valence-corrected chi connectivity index (χ1v) is 7.27. The molecule has 0 aliphatic carbocycles. The van der Waals surface area contributed by atoms with Crippen LogP contribution in [0.1, 0.15) is 30.6 Å². The first-order chi connectivity index (χ1) is 7.95. The molecule has 1 fully saturated rings. The van der Waals surface area contributed by atoms with Gasteiger partial charge in [0, 0.05) is 11.4 Å². The average Bonchev–Trinajstić information content (AvgIpc) is 2.83. The van der Waals surface area contributed by atoms with Crippen molar-refractivity contribution >= 4 is 11.3 Å². The molecule has 3 heteroatoms. The Kier molecular flexibility index (Phi) is 5.32. The van der Waals surface area contributed by atoms with E-state index in [4.69, 9.17) is 0 Å². The summed E-state index contributed by atoms with van der Waals surface area (Å²) in [5, 5.41) is 9.09. The van der Waals surface area contributed by atoms with E-state index in [1.165, 1.54) is 50.2 Å². The fourth-order valence-corrected chi connectivity index (χ4v) is 2.99. The van der Waals surface area contributed by atoms with Crippen molar-refractivity contribution in [3.63, 3.8) is 0 Å².